The number of benzene rings is 1. The smallest absolute Gasteiger partial charge is 0.338 e. The summed E-state index contributed by atoms with van der Waals surface area (Å²) in [5.74, 6) is 0.452. The lowest BCUT2D eigenvalue weighted by Crippen LogP contribution is -2.40. The summed E-state index contributed by atoms with van der Waals surface area (Å²) < 4.78 is 10.7. The van der Waals surface area contributed by atoms with Gasteiger partial charge in [-0.1, -0.05) is 37.7 Å². The molecule has 0 bridgehead atoms. The predicted octanol–water partition coefficient (Wildman–Crippen LogP) is 3.54. The van der Waals surface area contributed by atoms with Gasteiger partial charge >= 0.3 is 5.97 Å². The Balaban J connectivity index is 2.05. The number of rotatable bonds is 5. The van der Waals surface area contributed by atoms with Gasteiger partial charge in [-0.15, -0.1) is 0 Å². The fraction of sp³-hybridized carbons (Fsp3) is 0.450. The first-order valence-electron chi connectivity index (χ1n) is 8.93. The number of carbonyl (C=O) groups excluding carboxylic acids is 2. The summed E-state index contributed by atoms with van der Waals surface area (Å²) in [4.78, 5) is 31.8. The van der Waals surface area contributed by atoms with Gasteiger partial charge in [0.1, 0.15) is 5.75 Å². The van der Waals surface area contributed by atoms with Crippen molar-refractivity contribution >= 4 is 28.8 Å². The normalized spacial score (nSPS) is 22.1. The fourth-order valence-corrected chi connectivity index (χ4v) is 4.11. The molecule has 1 aromatic carbocycles. The van der Waals surface area contributed by atoms with Crippen LogP contribution in [0.15, 0.2) is 40.5 Å². The minimum Gasteiger partial charge on any atom is -0.497 e. The van der Waals surface area contributed by atoms with Crippen molar-refractivity contribution in [3.63, 3.8) is 0 Å². The summed E-state index contributed by atoms with van der Waals surface area (Å²) >= 11 is 1.41. The van der Waals surface area contributed by atoms with E-state index in [1.54, 1.807) is 18.9 Å². The molecule has 6 nitrogen and oxygen atoms in total. The number of methoxy groups -OCH3 is 1. The topological polar surface area (TPSA) is 68.2 Å². The lowest BCUT2D eigenvalue weighted by atomic mass is 9.94. The zero-order valence-corrected chi connectivity index (χ0v) is 17.0. The van der Waals surface area contributed by atoms with Crippen LogP contribution in [0.4, 0.5) is 0 Å². The Morgan fingerprint density at radius 3 is 2.56 bits per heavy atom. The molecule has 144 valence electrons. The molecule has 0 N–H and O–H groups in total. The van der Waals surface area contributed by atoms with Crippen LogP contribution < -0.4 is 4.74 Å². The standard InChI is InChI=1S/C20H24N2O4S/c1-11(2)10-26-19(24)16-12(3)21-20-22(18(23)13(4)27-20)17(16)14-6-8-15(25-5)9-7-14/h6-9,11,13,17H,10H2,1-5H3/t13-,17+/m1/s1. The van der Waals surface area contributed by atoms with E-state index in [-0.39, 0.29) is 17.1 Å². The summed E-state index contributed by atoms with van der Waals surface area (Å²) in [7, 11) is 1.60. The van der Waals surface area contributed by atoms with Gasteiger partial charge < -0.3 is 9.47 Å². The molecule has 7 heteroatoms. The number of amides is 1. The second kappa shape index (κ2) is 7.76. The average Bonchev–Trinajstić information content (AvgIpc) is 2.92. The average molecular weight is 388 g/mol. The lowest BCUT2D eigenvalue weighted by molar-refractivity contribution is -0.141. The monoisotopic (exact) mass is 388 g/mol. The number of amidine groups is 1. The number of nitrogens with zero attached hydrogens (tertiary/aromatic N) is 2. The van der Waals surface area contributed by atoms with Gasteiger partial charge in [-0.05, 0) is 37.5 Å². The Bertz CT molecular complexity index is 814. The van der Waals surface area contributed by atoms with Crippen LogP contribution in [-0.4, -0.2) is 40.9 Å². The fourth-order valence-electron chi connectivity index (χ4n) is 3.09. The van der Waals surface area contributed by atoms with Gasteiger partial charge in [0, 0.05) is 0 Å². The van der Waals surface area contributed by atoms with E-state index in [4.69, 9.17) is 9.47 Å². The molecule has 2 heterocycles. The molecule has 0 unspecified atom stereocenters. The Kier molecular flexibility index (Phi) is 5.60. The highest BCUT2D eigenvalue weighted by Gasteiger charge is 2.46. The molecule has 0 spiro atoms. The van der Waals surface area contributed by atoms with Crippen molar-refractivity contribution in [2.75, 3.05) is 13.7 Å². The van der Waals surface area contributed by atoms with E-state index in [1.165, 1.54) is 11.8 Å². The van der Waals surface area contributed by atoms with Gasteiger partial charge in [-0.3, -0.25) is 9.69 Å². The number of allylic oxidation sites excluding steroid dienone is 1. The van der Waals surface area contributed by atoms with Crippen LogP contribution in [0.1, 0.15) is 39.3 Å². The number of thioether (sulfide) groups is 1. The van der Waals surface area contributed by atoms with Crippen LogP contribution in [0, 0.1) is 5.92 Å². The minimum atomic E-state index is -0.548. The summed E-state index contributed by atoms with van der Waals surface area (Å²) in [5.41, 5.74) is 1.82. The van der Waals surface area contributed by atoms with E-state index in [0.717, 1.165) is 5.56 Å². The second-order valence-corrected chi connectivity index (χ2v) is 8.34. The molecule has 0 aromatic heterocycles. The van der Waals surface area contributed by atoms with Crippen molar-refractivity contribution < 1.29 is 19.1 Å². The highest BCUT2D eigenvalue weighted by atomic mass is 32.2. The second-order valence-electron chi connectivity index (χ2n) is 7.03. The molecule has 1 aromatic rings. The molecular weight excluding hydrogens is 364 g/mol. The van der Waals surface area contributed by atoms with Crippen molar-refractivity contribution in [1.82, 2.24) is 4.90 Å². The van der Waals surface area contributed by atoms with Crippen molar-refractivity contribution in [1.29, 1.82) is 0 Å². The molecule has 0 aliphatic carbocycles. The van der Waals surface area contributed by atoms with Crippen molar-refractivity contribution in [2.24, 2.45) is 10.9 Å². The first-order valence-corrected chi connectivity index (χ1v) is 9.81. The van der Waals surface area contributed by atoms with Gasteiger partial charge in [0.25, 0.3) is 0 Å². The quantitative estimate of drug-likeness (QED) is 0.722. The highest BCUT2D eigenvalue weighted by molar-refractivity contribution is 8.15. The molecule has 0 radical (unpaired) electrons. The zero-order valence-electron chi connectivity index (χ0n) is 16.2. The van der Waals surface area contributed by atoms with Crippen LogP contribution in [0.5, 0.6) is 5.75 Å². The molecule has 2 aliphatic rings. The first kappa shape index (κ1) is 19.5. The van der Waals surface area contributed by atoms with Crippen molar-refractivity contribution in [2.45, 2.75) is 39.0 Å². The van der Waals surface area contributed by atoms with Crippen LogP contribution in [0.25, 0.3) is 0 Å². The van der Waals surface area contributed by atoms with Crippen LogP contribution >= 0.6 is 11.8 Å². The number of carbonyl (C=O) groups is 2. The summed E-state index contributed by atoms with van der Waals surface area (Å²) in [6, 6.07) is 6.84. The minimum absolute atomic E-state index is 0.0544. The van der Waals surface area contributed by atoms with Crippen LogP contribution in [0.2, 0.25) is 0 Å². The molecular formula is C20H24N2O4S. The molecule has 2 aliphatic heterocycles. The summed E-state index contributed by atoms with van der Waals surface area (Å²) in [6.45, 7) is 7.93. The number of ether oxygens (including phenoxy) is 2. The maximum atomic E-state index is 12.9. The molecule has 3 rings (SSSR count). The van der Waals surface area contributed by atoms with Gasteiger partial charge in [0.05, 0.1) is 36.3 Å². The Morgan fingerprint density at radius 2 is 1.96 bits per heavy atom. The number of esters is 1. The Hall–Kier alpha value is -2.28. The van der Waals surface area contributed by atoms with Crippen LogP contribution in [-0.2, 0) is 14.3 Å². The maximum absolute atomic E-state index is 12.9. The van der Waals surface area contributed by atoms with E-state index < -0.39 is 12.0 Å². The van der Waals surface area contributed by atoms with Crippen LogP contribution in [0.3, 0.4) is 0 Å². The SMILES string of the molecule is COc1ccc([C@H]2C(C(=O)OCC(C)C)=C(C)N=C3S[C@H](C)C(=O)N32)cc1. The summed E-state index contributed by atoms with van der Waals surface area (Å²) in [5, 5.41) is 0.398. The third-order valence-electron chi connectivity index (χ3n) is 4.46. The van der Waals surface area contributed by atoms with E-state index >= 15 is 0 Å². The number of aliphatic imine (C=N–C) groups is 1. The van der Waals surface area contributed by atoms with E-state index in [2.05, 4.69) is 4.99 Å². The van der Waals surface area contributed by atoms with E-state index in [9.17, 15) is 9.59 Å². The van der Waals surface area contributed by atoms with E-state index in [1.807, 2.05) is 45.0 Å². The molecule has 2 atom stereocenters. The van der Waals surface area contributed by atoms with Gasteiger partial charge in [-0.2, -0.15) is 0 Å². The first-order chi connectivity index (χ1) is 12.8. The number of hydrogen-bond acceptors (Lipinski definition) is 6. The lowest BCUT2D eigenvalue weighted by Gasteiger charge is -2.33. The molecule has 1 saturated heterocycles. The van der Waals surface area contributed by atoms with Gasteiger partial charge in [0.2, 0.25) is 5.91 Å². The van der Waals surface area contributed by atoms with Crippen molar-refractivity contribution in [3.8, 4) is 5.75 Å². The third-order valence-corrected chi connectivity index (χ3v) is 5.51. The Morgan fingerprint density at radius 1 is 1.30 bits per heavy atom. The Labute approximate surface area is 163 Å². The summed E-state index contributed by atoms with van der Waals surface area (Å²) in [6.07, 6.45) is 0. The highest BCUT2D eigenvalue weighted by Crippen LogP contribution is 2.43. The molecule has 1 amide bonds. The largest absolute Gasteiger partial charge is 0.497 e. The molecule has 0 saturated carbocycles. The molecule has 1 fully saturated rings. The van der Waals surface area contributed by atoms with Gasteiger partial charge in [0.15, 0.2) is 5.17 Å². The maximum Gasteiger partial charge on any atom is 0.338 e. The van der Waals surface area contributed by atoms with E-state index in [0.29, 0.717) is 28.8 Å². The third kappa shape index (κ3) is 3.74. The number of hydrogen-bond donors (Lipinski definition) is 0. The predicted molar refractivity (Wildman–Crippen MR) is 106 cm³/mol. The van der Waals surface area contributed by atoms with Crippen molar-refractivity contribution in [3.05, 3.63) is 41.1 Å². The molecule has 27 heavy (non-hydrogen) atoms. The van der Waals surface area contributed by atoms with Gasteiger partial charge in [-0.25, -0.2) is 9.79 Å². The zero-order chi connectivity index (χ0) is 19.7. The number of fused-ring (bicyclic) bond motifs is 1.